The minimum absolute atomic E-state index is 0.0110. The Kier molecular flexibility index (Phi) is 7.43. The van der Waals surface area contributed by atoms with Gasteiger partial charge >= 0.3 is 6.03 Å². The maximum absolute atomic E-state index is 13.6. The van der Waals surface area contributed by atoms with Gasteiger partial charge in [0.25, 0.3) is 0 Å². The predicted molar refractivity (Wildman–Crippen MR) is 159 cm³/mol. The van der Waals surface area contributed by atoms with Gasteiger partial charge in [-0.1, -0.05) is 42.8 Å². The summed E-state index contributed by atoms with van der Waals surface area (Å²) in [4.78, 5) is 19.5. The van der Waals surface area contributed by atoms with Gasteiger partial charge in [-0.05, 0) is 103 Å². The number of amides is 2. The van der Waals surface area contributed by atoms with E-state index in [4.69, 9.17) is 0 Å². The van der Waals surface area contributed by atoms with E-state index in [1.54, 1.807) is 24.5 Å². The van der Waals surface area contributed by atoms with Crippen LogP contribution in [0.5, 0.6) is 0 Å². The largest absolute Gasteiger partial charge is 0.331 e. The van der Waals surface area contributed by atoms with E-state index in [-0.39, 0.29) is 23.3 Å². The Labute approximate surface area is 240 Å². The van der Waals surface area contributed by atoms with E-state index in [0.717, 1.165) is 48.2 Å². The van der Waals surface area contributed by atoms with E-state index < -0.39 is 0 Å². The molecule has 210 valence electrons. The molecule has 1 unspecified atom stereocenters. The third-order valence-electron chi connectivity index (χ3n) is 9.03. The van der Waals surface area contributed by atoms with Crippen LogP contribution in [0.2, 0.25) is 0 Å². The molecule has 1 saturated carbocycles. The number of carbonyl (C=O) groups is 1. The average Bonchev–Trinajstić information content (AvgIpc) is 3.54. The zero-order valence-electron chi connectivity index (χ0n) is 23.6. The van der Waals surface area contributed by atoms with Crippen LogP contribution in [-0.2, 0) is 13.0 Å². The van der Waals surface area contributed by atoms with E-state index >= 15 is 0 Å². The number of carbonyl (C=O) groups excluding carboxylic acids is 1. The van der Waals surface area contributed by atoms with Gasteiger partial charge in [-0.15, -0.1) is 0 Å². The number of halogens is 1. The molecule has 2 aliphatic carbocycles. The van der Waals surface area contributed by atoms with Crippen LogP contribution in [0.25, 0.3) is 11.8 Å². The Hall–Kier alpha value is -4.26. The average molecular weight is 550 g/mol. The lowest BCUT2D eigenvalue weighted by Crippen LogP contribution is -2.42. The SMILES string of the molecule is CCN(Cc1ccncc1)C(=O)NC(C[C@H]1CCC2=Cc3c(cnn3-c3ccc(F)cc3)C[C@@]21C)c1ccccc1. The van der Waals surface area contributed by atoms with E-state index in [0.29, 0.717) is 19.0 Å². The Morgan fingerprint density at radius 1 is 1.12 bits per heavy atom. The number of hydrogen-bond acceptors (Lipinski definition) is 3. The highest BCUT2D eigenvalue weighted by Crippen LogP contribution is 2.55. The maximum Gasteiger partial charge on any atom is 0.318 e. The second-order valence-electron chi connectivity index (χ2n) is 11.5. The van der Waals surface area contributed by atoms with E-state index in [2.05, 4.69) is 40.5 Å². The molecule has 2 aliphatic rings. The fourth-order valence-electron chi connectivity index (χ4n) is 6.62. The van der Waals surface area contributed by atoms with Crippen LogP contribution in [0.15, 0.2) is 90.9 Å². The minimum atomic E-state index is -0.251. The first kappa shape index (κ1) is 26.9. The van der Waals surface area contributed by atoms with Crippen molar-refractivity contribution in [3.63, 3.8) is 0 Å². The van der Waals surface area contributed by atoms with Gasteiger partial charge in [0, 0.05) is 25.5 Å². The van der Waals surface area contributed by atoms with Crippen molar-refractivity contribution in [1.29, 1.82) is 0 Å². The second kappa shape index (κ2) is 11.3. The summed E-state index contributed by atoms with van der Waals surface area (Å²) in [5.41, 5.74) is 6.78. The van der Waals surface area contributed by atoms with Gasteiger partial charge in [0.2, 0.25) is 0 Å². The van der Waals surface area contributed by atoms with Crippen LogP contribution in [0.4, 0.5) is 9.18 Å². The van der Waals surface area contributed by atoms with Crippen molar-refractivity contribution in [1.82, 2.24) is 25.0 Å². The van der Waals surface area contributed by atoms with Crippen molar-refractivity contribution in [2.45, 2.75) is 52.1 Å². The number of fused-ring (bicyclic) bond motifs is 2. The summed E-state index contributed by atoms with van der Waals surface area (Å²) in [5.74, 6) is 0.149. The minimum Gasteiger partial charge on any atom is -0.331 e. The van der Waals surface area contributed by atoms with Gasteiger partial charge in [0.1, 0.15) is 5.82 Å². The molecule has 0 spiro atoms. The summed E-state index contributed by atoms with van der Waals surface area (Å²) < 4.78 is 15.5. The number of pyridine rings is 1. The molecule has 1 fully saturated rings. The smallest absolute Gasteiger partial charge is 0.318 e. The van der Waals surface area contributed by atoms with Crippen molar-refractivity contribution < 1.29 is 9.18 Å². The van der Waals surface area contributed by atoms with E-state index in [1.165, 1.54) is 23.3 Å². The topological polar surface area (TPSA) is 63.1 Å². The van der Waals surface area contributed by atoms with Gasteiger partial charge in [-0.3, -0.25) is 4.98 Å². The van der Waals surface area contributed by atoms with Crippen molar-refractivity contribution >= 4 is 12.1 Å². The Bertz CT molecular complexity index is 1530. The van der Waals surface area contributed by atoms with Crippen molar-refractivity contribution in [2.75, 3.05) is 6.54 Å². The first-order valence-electron chi connectivity index (χ1n) is 14.5. The number of hydrogen-bond donors (Lipinski definition) is 1. The molecule has 4 aromatic rings. The van der Waals surface area contributed by atoms with Crippen molar-refractivity contribution in [3.8, 4) is 5.69 Å². The van der Waals surface area contributed by atoms with Crippen LogP contribution < -0.4 is 5.32 Å². The Morgan fingerprint density at radius 3 is 2.61 bits per heavy atom. The number of rotatable bonds is 8. The summed E-state index contributed by atoms with van der Waals surface area (Å²) in [6.45, 7) is 5.55. The monoisotopic (exact) mass is 549 g/mol. The molecule has 0 radical (unpaired) electrons. The zero-order valence-corrected chi connectivity index (χ0v) is 23.6. The molecule has 7 heteroatoms. The van der Waals surface area contributed by atoms with Gasteiger partial charge in [-0.2, -0.15) is 5.10 Å². The first-order valence-corrected chi connectivity index (χ1v) is 14.5. The normalized spacial score (nSPS) is 20.1. The molecule has 2 aromatic heterocycles. The predicted octanol–water partition coefficient (Wildman–Crippen LogP) is 7.13. The standard InChI is InChI=1S/C34H36FN5O/c1-3-39(23-24-15-17-36-18-16-24)33(41)38-31(25-7-5-4-6-8-25)19-27-9-10-28-20-32-26(21-34(27,28)2)22-37-40(32)30-13-11-29(35)12-14-30/h4-8,11-18,20,22,27,31H,3,9-10,19,21,23H2,1-2H3,(H,38,41)/t27-,31?,34-/m1/s1. The second-order valence-corrected chi connectivity index (χ2v) is 11.5. The number of benzene rings is 2. The van der Waals surface area contributed by atoms with Gasteiger partial charge in [-0.25, -0.2) is 13.9 Å². The molecule has 0 saturated heterocycles. The molecule has 2 heterocycles. The Balaban J connectivity index is 1.23. The number of allylic oxidation sites excluding steroid dienone is 1. The highest BCUT2D eigenvalue weighted by atomic mass is 19.1. The number of urea groups is 1. The van der Waals surface area contributed by atoms with Crippen LogP contribution in [-0.4, -0.2) is 32.2 Å². The molecule has 41 heavy (non-hydrogen) atoms. The van der Waals surface area contributed by atoms with Gasteiger partial charge < -0.3 is 10.2 Å². The maximum atomic E-state index is 13.6. The number of nitrogens with zero attached hydrogens (tertiary/aromatic N) is 4. The lowest BCUT2D eigenvalue weighted by atomic mass is 9.68. The van der Waals surface area contributed by atoms with Crippen LogP contribution in [0, 0.1) is 17.2 Å². The molecule has 6 rings (SSSR count). The lowest BCUT2D eigenvalue weighted by molar-refractivity contribution is 0.184. The third-order valence-corrected chi connectivity index (χ3v) is 9.03. The molecule has 2 amide bonds. The fourth-order valence-corrected chi connectivity index (χ4v) is 6.62. The van der Waals surface area contributed by atoms with Crippen molar-refractivity contribution in [2.24, 2.45) is 11.3 Å². The summed E-state index contributed by atoms with van der Waals surface area (Å²) in [6, 6.07) is 20.6. The van der Waals surface area contributed by atoms with E-state index in [9.17, 15) is 9.18 Å². The molecule has 2 aromatic carbocycles. The van der Waals surface area contributed by atoms with Crippen LogP contribution >= 0.6 is 0 Å². The summed E-state index contributed by atoms with van der Waals surface area (Å²) >= 11 is 0. The van der Waals surface area contributed by atoms with Crippen molar-refractivity contribution in [3.05, 3.63) is 119 Å². The molecule has 0 aliphatic heterocycles. The molecular weight excluding hydrogens is 513 g/mol. The molecule has 6 nitrogen and oxygen atoms in total. The van der Waals surface area contributed by atoms with E-state index in [1.807, 2.05) is 53.0 Å². The number of aromatic nitrogens is 3. The summed E-state index contributed by atoms with van der Waals surface area (Å²) in [5, 5.41) is 8.07. The third kappa shape index (κ3) is 5.41. The quantitative estimate of drug-likeness (QED) is 0.254. The molecular formula is C34H36FN5O. The highest BCUT2D eigenvalue weighted by Gasteiger charge is 2.46. The van der Waals surface area contributed by atoms with Crippen LogP contribution in [0.3, 0.4) is 0 Å². The van der Waals surface area contributed by atoms with Crippen LogP contribution in [0.1, 0.15) is 61.5 Å². The summed E-state index contributed by atoms with van der Waals surface area (Å²) in [7, 11) is 0. The Morgan fingerprint density at radius 2 is 1.88 bits per heavy atom. The first-order chi connectivity index (χ1) is 19.9. The highest BCUT2D eigenvalue weighted by molar-refractivity contribution is 5.74. The summed E-state index contributed by atoms with van der Waals surface area (Å²) in [6.07, 6.45) is 11.6. The van der Waals surface area contributed by atoms with Gasteiger partial charge in [0.15, 0.2) is 0 Å². The molecule has 3 atom stereocenters. The zero-order chi connectivity index (χ0) is 28.4. The lowest BCUT2D eigenvalue weighted by Gasteiger charge is -2.38. The fraction of sp³-hybridized carbons (Fsp3) is 0.324. The molecule has 1 N–H and O–H groups in total. The van der Waals surface area contributed by atoms with Gasteiger partial charge in [0.05, 0.1) is 23.6 Å². The molecule has 0 bridgehead atoms. The number of nitrogens with one attached hydrogen (secondary N) is 1.